The van der Waals surface area contributed by atoms with E-state index in [1.807, 2.05) is 12.1 Å². The summed E-state index contributed by atoms with van der Waals surface area (Å²) >= 11 is 0. The molecule has 2 aromatic rings. The molecule has 2 aliphatic heterocycles. The highest BCUT2D eigenvalue weighted by molar-refractivity contribution is 5.50. The van der Waals surface area contributed by atoms with E-state index in [0.717, 1.165) is 37.3 Å². The van der Waals surface area contributed by atoms with Crippen molar-refractivity contribution < 1.29 is 18.9 Å². The molecule has 2 heterocycles. The number of likely N-dealkylation sites (tertiary alicyclic amines) is 1. The maximum atomic E-state index is 6.52. The van der Waals surface area contributed by atoms with Crippen molar-refractivity contribution in [3.8, 4) is 11.5 Å². The molecule has 158 valence electrons. The van der Waals surface area contributed by atoms with E-state index in [1.165, 1.54) is 16.8 Å². The molecule has 0 bridgehead atoms. The minimum atomic E-state index is -0.644. The highest BCUT2D eigenvalue weighted by Crippen LogP contribution is 2.54. The fourth-order valence-corrected chi connectivity index (χ4v) is 5.28. The lowest BCUT2D eigenvalue weighted by Gasteiger charge is -2.41. The number of fused-ring (bicyclic) bond motifs is 1. The summed E-state index contributed by atoms with van der Waals surface area (Å²) in [5, 5.41) is 0. The maximum absolute atomic E-state index is 6.52. The van der Waals surface area contributed by atoms with Gasteiger partial charge in [0.15, 0.2) is 17.3 Å². The number of nitrogens with zero attached hydrogens (tertiary/aromatic N) is 1. The molecular weight excluding hydrogens is 378 g/mol. The van der Waals surface area contributed by atoms with Crippen LogP contribution in [-0.4, -0.2) is 45.1 Å². The van der Waals surface area contributed by atoms with E-state index in [-0.39, 0.29) is 11.5 Å². The predicted octanol–water partition coefficient (Wildman–Crippen LogP) is 4.44. The van der Waals surface area contributed by atoms with E-state index < -0.39 is 5.79 Å². The molecule has 1 unspecified atom stereocenters. The average molecular weight is 408 g/mol. The van der Waals surface area contributed by atoms with Crippen LogP contribution in [0.25, 0.3) is 0 Å². The van der Waals surface area contributed by atoms with E-state index in [4.69, 9.17) is 18.9 Å². The summed E-state index contributed by atoms with van der Waals surface area (Å²) in [6, 6.07) is 16.7. The normalized spacial score (nSPS) is 30.3. The summed E-state index contributed by atoms with van der Waals surface area (Å²) in [4.78, 5) is 2.35. The molecule has 2 aromatic carbocycles. The van der Waals surface area contributed by atoms with E-state index in [1.54, 1.807) is 14.2 Å². The van der Waals surface area contributed by atoms with Gasteiger partial charge in [0.1, 0.15) is 6.10 Å². The second-order valence-electron chi connectivity index (χ2n) is 8.49. The van der Waals surface area contributed by atoms with Crippen molar-refractivity contribution in [2.24, 2.45) is 0 Å². The van der Waals surface area contributed by atoms with Crippen LogP contribution in [0.5, 0.6) is 11.5 Å². The molecule has 0 aromatic heterocycles. The van der Waals surface area contributed by atoms with Gasteiger partial charge in [0.2, 0.25) is 0 Å². The third-order valence-electron chi connectivity index (χ3n) is 6.96. The zero-order chi connectivity index (χ0) is 20.8. The topological polar surface area (TPSA) is 40.2 Å². The highest BCUT2D eigenvalue weighted by Gasteiger charge is 2.53. The number of benzene rings is 2. The molecule has 5 heteroatoms. The number of hydrogen-bond donors (Lipinski definition) is 0. The summed E-state index contributed by atoms with van der Waals surface area (Å²) in [5.74, 6) is 0.889. The van der Waals surface area contributed by atoms with E-state index in [0.29, 0.717) is 6.61 Å². The fourth-order valence-electron chi connectivity index (χ4n) is 5.28. The van der Waals surface area contributed by atoms with Crippen LogP contribution in [0, 0.1) is 0 Å². The monoisotopic (exact) mass is 407 g/mol. The Morgan fingerprint density at radius 3 is 2.53 bits per heavy atom. The smallest absolute Gasteiger partial charge is 0.190 e. The molecule has 1 aliphatic carbocycles. The Balaban J connectivity index is 1.50. The summed E-state index contributed by atoms with van der Waals surface area (Å²) in [7, 11) is 5.53. The van der Waals surface area contributed by atoms with Gasteiger partial charge in [0.05, 0.1) is 20.8 Å². The molecule has 1 spiro atoms. The van der Waals surface area contributed by atoms with Gasteiger partial charge < -0.3 is 23.8 Å². The predicted molar refractivity (Wildman–Crippen MR) is 115 cm³/mol. The lowest BCUT2D eigenvalue weighted by Crippen LogP contribution is -2.41. The van der Waals surface area contributed by atoms with Crippen molar-refractivity contribution in [2.75, 3.05) is 34.4 Å². The average Bonchev–Trinajstić information content (AvgIpc) is 3.36. The number of rotatable bonds is 4. The summed E-state index contributed by atoms with van der Waals surface area (Å²) in [5.41, 5.74) is 3.68. The van der Waals surface area contributed by atoms with Crippen LogP contribution in [-0.2, 0) is 14.9 Å². The lowest BCUT2D eigenvalue weighted by atomic mass is 9.69. The van der Waals surface area contributed by atoms with Crippen molar-refractivity contribution in [3.05, 3.63) is 71.4 Å². The van der Waals surface area contributed by atoms with E-state index in [2.05, 4.69) is 54.4 Å². The standard InChI is InChI=1S/C25H29NO4/c1-26-14-13-24(19-9-10-20(27-2)21(15-19)28-3)11-12-25(16-23(24)26)29-17-22(30-25)18-7-5-4-6-8-18/h4-10,15-16,22H,11-14,17H2,1-3H3/t22-,24+,25?/m1/s1. The molecule has 3 atom stereocenters. The first-order valence-electron chi connectivity index (χ1n) is 10.6. The van der Waals surface area contributed by atoms with Crippen LogP contribution >= 0.6 is 0 Å². The van der Waals surface area contributed by atoms with Gasteiger partial charge in [-0.05, 0) is 42.2 Å². The SMILES string of the molecule is COc1ccc([C@]23CCN(C)C2=CC2(CC3)OC[C@H](c3ccccc3)O2)cc1OC. The molecule has 5 rings (SSSR count). The van der Waals surface area contributed by atoms with Gasteiger partial charge in [-0.1, -0.05) is 36.4 Å². The molecule has 2 fully saturated rings. The highest BCUT2D eigenvalue weighted by atomic mass is 16.7. The van der Waals surface area contributed by atoms with Gasteiger partial charge in [-0.2, -0.15) is 0 Å². The number of allylic oxidation sites excluding steroid dienone is 1. The molecule has 3 aliphatic rings. The summed E-state index contributed by atoms with van der Waals surface area (Å²) in [6.45, 7) is 1.60. The Labute approximate surface area is 178 Å². The molecule has 0 radical (unpaired) electrons. The molecule has 5 nitrogen and oxygen atoms in total. The van der Waals surface area contributed by atoms with E-state index >= 15 is 0 Å². The van der Waals surface area contributed by atoms with Gasteiger partial charge in [0, 0.05) is 31.1 Å². The Morgan fingerprint density at radius 2 is 1.77 bits per heavy atom. The fraction of sp³-hybridized carbons (Fsp3) is 0.440. The van der Waals surface area contributed by atoms with Crippen LogP contribution in [0.4, 0.5) is 0 Å². The Bertz CT molecular complexity index is 959. The number of likely N-dealkylation sites (N-methyl/N-ethyl adjacent to an activating group) is 1. The molecule has 0 amide bonds. The second kappa shape index (κ2) is 7.33. The van der Waals surface area contributed by atoms with Crippen LogP contribution in [0.2, 0.25) is 0 Å². The van der Waals surface area contributed by atoms with Crippen LogP contribution in [0.15, 0.2) is 60.3 Å². The number of hydrogen-bond acceptors (Lipinski definition) is 5. The van der Waals surface area contributed by atoms with Gasteiger partial charge >= 0.3 is 0 Å². The second-order valence-corrected chi connectivity index (χ2v) is 8.49. The number of ether oxygens (including phenoxy) is 4. The van der Waals surface area contributed by atoms with Crippen molar-refractivity contribution in [2.45, 2.75) is 36.6 Å². The quantitative estimate of drug-likeness (QED) is 0.749. The van der Waals surface area contributed by atoms with E-state index in [9.17, 15) is 0 Å². The third-order valence-corrected chi connectivity index (χ3v) is 6.96. The first kappa shape index (κ1) is 19.5. The Kier molecular flexibility index (Phi) is 4.75. The largest absolute Gasteiger partial charge is 0.493 e. The van der Waals surface area contributed by atoms with Crippen molar-refractivity contribution in [1.82, 2.24) is 4.90 Å². The van der Waals surface area contributed by atoms with Crippen molar-refractivity contribution in [1.29, 1.82) is 0 Å². The Morgan fingerprint density at radius 1 is 0.967 bits per heavy atom. The Hall–Kier alpha value is -2.50. The first-order valence-corrected chi connectivity index (χ1v) is 10.6. The third kappa shape index (κ3) is 2.99. The van der Waals surface area contributed by atoms with Gasteiger partial charge in [-0.25, -0.2) is 0 Å². The minimum Gasteiger partial charge on any atom is -0.493 e. The maximum Gasteiger partial charge on any atom is 0.190 e. The lowest BCUT2D eigenvalue weighted by molar-refractivity contribution is -0.143. The zero-order valence-electron chi connectivity index (χ0n) is 17.9. The van der Waals surface area contributed by atoms with Gasteiger partial charge in [-0.15, -0.1) is 0 Å². The zero-order valence-corrected chi connectivity index (χ0v) is 17.9. The van der Waals surface area contributed by atoms with Gasteiger partial charge in [0.25, 0.3) is 0 Å². The summed E-state index contributed by atoms with van der Waals surface area (Å²) < 4.78 is 23.9. The molecule has 30 heavy (non-hydrogen) atoms. The molecule has 2 saturated heterocycles. The molecule has 0 saturated carbocycles. The van der Waals surface area contributed by atoms with Crippen LogP contribution in [0.3, 0.4) is 0 Å². The van der Waals surface area contributed by atoms with Gasteiger partial charge in [-0.3, -0.25) is 0 Å². The van der Waals surface area contributed by atoms with Crippen LogP contribution < -0.4 is 9.47 Å². The minimum absolute atomic E-state index is 0.0247. The number of methoxy groups -OCH3 is 2. The van der Waals surface area contributed by atoms with Crippen molar-refractivity contribution >= 4 is 0 Å². The first-order chi connectivity index (χ1) is 14.6. The van der Waals surface area contributed by atoms with Crippen molar-refractivity contribution in [3.63, 3.8) is 0 Å². The molecule has 0 N–H and O–H groups in total. The summed E-state index contributed by atoms with van der Waals surface area (Å²) in [6.07, 6.45) is 5.09. The molecular formula is C25H29NO4. The van der Waals surface area contributed by atoms with Crippen LogP contribution in [0.1, 0.15) is 36.5 Å².